The van der Waals surface area contributed by atoms with Gasteiger partial charge in [0.15, 0.2) is 0 Å². The average Bonchev–Trinajstić information content (AvgIpc) is 2.78. The molecule has 0 N–H and O–H groups in total. The van der Waals surface area contributed by atoms with Crippen LogP contribution in [-0.2, 0) is 10.3 Å². The fraction of sp³-hybridized carbons (Fsp3) is 0.562. The van der Waals surface area contributed by atoms with E-state index in [9.17, 15) is 4.79 Å². The highest BCUT2D eigenvalue weighted by Crippen LogP contribution is 2.47. The van der Waals surface area contributed by atoms with Gasteiger partial charge in [0.1, 0.15) is 11.3 Å². The number of isocyanates is 1. The minimum Gasteiger partial charge on any atom is -0.491 e. The third-order valence-corrected chi connectivity index (χ3v) is 3.75. The zero-order chi connectivity index (χ0) is 13.9. The van der Waals surface area contributed by atoms with Gasteiger partial charge in [0.2, 0.25) is 6.08 Å². The number of hydrogen-bond donors (Lipinski definition) is 0. The topological polar surface area (TPSA) is 38.7 Å². The van der Waals surface area contributed by atoms with Crippen molar-refractivity contribution in [2.45, 2.75) is 58.1 Å². The minimum atomic E-state index is -0.419. The van der Waals surface area contributed by atoms with Crippen LogP contribution in [0.2, 0.25) is 0 Å². The molecule has 102 valence electrons. The number of carbonyl (C=O) groups excluding carboxylic acids is 1. The fourth-order valence-electron chi connectivity index (χ4n) is 3.05. The maximum atomic E-state index is 10.9. The van der Waals surface area contributed by atoms with Gasteiger partial charge in [0, 0.05) is 5.56 Å². The summed E-state index contributed by atoms with van der Waals surface area (Å²) in [5.41, 5.74) is 1.79. The van der Waals surface area contributed by atoms with Crippen LogP contribution in [0.3, 0.4) is 0 Å². The standard InChI is InChI=1S/C16H21NO2/c1-12(2)19-14-8-6-7-13(3)15(14)16(17-11-18)9-4-5-10-16/h6-8,12H,4-5,9-10H2,1-3H3. The van der Waals surface area contributed by atoms with Crippen molar-refractivity contribution in [2.24, 2.45) is 4.99 Å². The summed E-state index contributed by atoms with van der Waals surface area (Å²) in [6.45, 7) is 6.08. The summed E-state index contributed by atoms with van der Waals surface area (Å²) in [5, 5.41) is 0. The Balaban J connectivity index is 2.55. The molecule has 1 aliphatic carbocycles. The molecule has 2 rings (SSSR count). The van der Waals surface area contributed by atoms with E-state index >= 15 is 0 Å². The molecule has 19 heavy (non-hydrogen) atoms. The Morgan fingerprint density at radius 1 is 1.32 bits per heavy atom. The van der Waals surface area contributed by atoms with Crippen molar-refractivity contribution in [3.63, 3.8) is 0 Å². The molecule has 1 fully saturated rings. The molecule has 1 aromatic rings. The van der Waals surface area contributed by atoms with Crippen LogP contribution >= 0.6 is 0 Å². The van der Waals surface area contributed by atoms with E-state index < -0.39 is 5.54 Å². The van der Waals surface area contributed by atoms with Crippen LogP contribution in [0.1, 0.15) is 50.7 Å². The van der Waals surface area contributed by atoms with E-state index in [1.807, 2.05) is 26.0 Å². The van der Waals surface area contributed by atoms with Crippen molar-refractivity contribution in [3.8, 4) is 5.75 Å². The second kappa shape index (κ2) is 5.58. The predicted octanol–water partition coefficient (Wildman–Crippen LogP) is 3.89. The first-order chi connectivity index (χ1) is 9.09. The Morgan fingerprint density at radius 3 is 2.58 bits per heavy atom. The van der Waals surface area contributed by atoms with E-state index in [4.69, 9.17) is 4.74 Å². The molecule has 0 saturated heterocycles. The van der Waals surface area contributed by atoms with Gasteiger partial charge >= 0.3 is 0 Å². The van der Waals surface area contributed by atoms with Crippen LogP contribution in [0.4, 0.5) is 0 Å². The lowest BCUT2D eigenvalue weighted by molar-refractivity contribution is 0.234. The summed E-state index contributed by atoms with van der Waals surface area (Å²) in [7, 11) is 0. The van der Waals surface area contributed by atoms with Gasteiger partial charge in [-0.15, -0.1) is 0 Å². The molecule has 3 heteroatoms. The first kappa shape index (κ1) is 13.8. The van der Waals surface area contributed by atoms with Crippen LogP contribution in [0.15, 0.2) is 23.2 Å². The summed E-state index contributed by atoms with van der Waals surface area (Å²) in [4.78, 5) is 15.0. The van der Waals surface area contributed by atoms with Crippen molar-refractivity contribution in [1.82, 2.24) is 0 Å². The maximum Gasteiger partial charge on any atom is 0.235 e. The Labute approximate surface area is 114 Å². The number of aliphatic imine (C=N–C) groups is 1. The number of hydrogen-bond acceptors (Lipinski definition) is 3. The van der Waals surface area contributed by atoms with Crippen LogP contribution in [0.25, 0.3) is 0 Å². The van der Waals surface area contributed by atoms with Crippen LogP contribution in [-0.4, -0.2) is 12.2 Å². The van der Waals surface area contributed by atoms with Gasteiger partial charge in [0.05, 0.1) is 6.10 Å². The smallest absolute Gasteiger partial charge is 0.235 e. The highest BCUT2D eigenvalue weighted by atomic mass is 16.5. The first-order valence-electron chi connectivity index (χ1n) is 6.95. The molecule has 0 atom stereocenters. The van der Waals surface area contributed by atoms with Crippen LogP contribution < -0.4 is 4.74 Å². The second-order valence-corrected chi connectivity index (χ2v) is 5.56. The fourth-order valence-corrected chi connectivity index (χ4v) is 3.05. The highest BCUT2D eigenvalue weighted by molar-refractivity contribution is 5.48. The lowest BCUT2D eigenvalue weighted by atomic mass is 9.85. The van der Waals surface area contributed by atoms with E-state index in [0.29, 0.717) is 0 Å². The number of nitrogens with zero attached hydrogens (tertiary/aromatic N) is 1. The lowest BCUT2D eigenvalue weighted by Crippen LogP contribution is -2.22. The summed E-state index contributed by atoms with van der Waals surface area (Å²) in [6.07, 6.45) is 5.89. The van der Waals surface area contributed by atoms with Crippen LogP contribution in [0.5, 0.6) is 5.75 Å². The molecule has 1 aliphatic rings. The van der Waals surface area contributed by atoms with E-state index in [1.165, 1.54) is 0 Å². The van der Waals surface area contributed by atoms with Gasteiger partial charge in [-0.3, -0.25) is 0 Å². The molecule has 0 unspecified atom stereocenters. The quantitative estimate of drug-likeness (QED) is 0.608. The van der Waals surface area contributed by atoms with Gasteiger partial charge in [-0.05, 0) is 45.2 Å². The zero-order valence-corrected chi connectivity index (χ0v) is 11.9. The summed E-state index contributed by atoms with van der Waals surface area (Å²) in [6, 6.07) is 6.02. The van der Waals surface area contributed by atoms with Crippen molar-refractivity contribution < 1.29 is 9.53 Å². The van der Waals surface area contributed by atoms with Gasteiger partial charge in [0.25, 0.3) is 0 Å². The Kier molecular flexibility index (Phi) is 4.06. The normalized spacial score (nSPS) is 17.3. The van der Waals surface area contributed by atoms with Gasteiger partial charge in [-0.2, -0.15) is 4.99 Å². The summed E-state index contributed by atoms with van der Waals surface area (Å²) in [5.74, 6) is 0.857. The minimum absolute atomic E-state index is 0.110. The Morgan fingerprint density at radius 2 is 2.00 bits per heavy atom. The molecule has 0 aliphatic heterocycles. The molecule has 1 saturated carbocycles. The van der Waals surface area contributed by atoms with Crippen molar-refractivity contribution >= 4 is 6.08 Å². The predicted molar refractivity (Wildman–Crippen MR) is 75.2 cm³/mol. The Hall–Kier alpha value is -1.60. The van der Waals surface area contributed by atoms with Gasteiger partial charge < -0.3 is 4.74 Å². The number of benzene rings is 1. The lowest BCUT2D eigenvalue weighted by Gasteiger charge is -2.28. The van der Waals surface area contributed by atoms with Crippen molar-refractivity contribution in [1.29, 1.82) is 0 Å². The Bertz CT molecular complexity index is 495. The highest BCUT2D eigenvalue weighted by Gasteiger charge is 2.39. The number of rotatable bonds is 4. The molecule has 0 radical (unpaired) electrons. The number of ether oxygens (including phenoxy) is 1. The zero-order valence-electron chi connectivity index (χ0n) is 11.9. The molecule has 0 bridgehead atoms. The molecule has 0 amide bonds. The van der Waals surface area contributed by atoms with E-state index in [1.54, 1.807) is 6.08 Å². The summed E-state index contributed by atoms with van der Waals surface area (Å²) >= 11 is 0. The molecule has 3 nitrogen and oxygen atoms in total. The third-order valence-electron chi connectivity index (χ3n) is 3.75. The van der Waals surface area contributed by atoms with Gasteiger partial charge in [-0.1, -0.05) is 25.0 Å². The second-order valence-electron chi connectivity index (χ2n) is 5.56. The molecule has 0 spiro atoms. The van der Waals surface area contributed by atoms with Crippen LogP contribution in [0, 0.1) is 6.92 Å². The van der Waals surface area contributed by atoms with E-state index in [2.05, 4.69) is 18.0 Å². The SMILES string of the molecule is Cc1cccc(OC(C)C)c1C1(N=C=O)CCCC1. The summed E-state index contributed by atoms with van der Waals surface area (Å²) < 4.78 is 5.92. The largest absolute Gasteiger partial charge is 0.491 e. The van der Waals surface area contributed by atoms with E-state index in [0.717, 1.165) is 42.6 Å². The third kappa shape index (κ3) is 2.71. The average molecular weight is 259 g/mol. The molecular formula is C16H21NO2. The molecule has 0 heterocycles. The molecule has 0 aromatic heterocycles. The number of aryl methyl sites for hydroxylation is 1. The molecule has 1 aromatic carbocycles. The monoisotopic (exact) mass is 259 g/mol. The van der Waals surface area contributed by atoms with E-state index in [-0.39, 0.29) is 6.10 Å². The van der Waals surface area contributed by atoms with Crippen molar-refractivity contribution in [3.05, 3.63) is 29.3 Å². The molecular weight excluding hydrogens is 238 g/mol. The van der Waals surface area contributed by atoms with Crippen molar-refractivity contribution in [2.75, 3.05) is 0 Å². The first-order valence-corrected chi connectivity index (χ1v) is 6.95. The van der Waals surface area contributed by atoms with Gasteiger partial charge in [-0.25, -0.2) is 4.79 Å². The maximum absolute atomic E-state index is 10.9.